The predicted molar refractivity (Wildman–Crippen MR) is 80.6 cm³/mol. The Morgan fingerprint density at radius 1 is 1.00 bits per heavy atom. The fourth-order valence-electron chi connectivity index (χ4n) is 4.26. The molecule has 3 fully saturated rings. The number of hydrogen-bond acceptors (Lipinski definition) is 3. The largest absolute Gasteiger partial charge is 0.550 e. The molecule has 2 bridgehead atoms. The van der Waals surface area contributed by atoms with E-state index in [0.29, 0.717) is 6.54 Å². The lowest BCUT2D eigenvalue weighted by Crippen LogP contribution is -2.54. The molecule has 0 unspecified atom stereocenters. The highest BCUT2D eigenvalue weighted by molar-refractivity contribution is 5.85. The minimum absolute atomic E-state index is 0.0977. The van der Waals surface area contributed by atoms with E-state index in [1.807, 2.05) is 30.3 Å². The molecule has 0 saturated heterocycles. The Morgan fingerprint density at radius 3 is 2.18 bits per heavy atom. The van der Waals surface area contributed by atoms with Gasteiger partial charge in [0.05, 0.1) is 0 Å². The summed E-state index contributed by atoms with van der Waals surface area (Å²) in [5.74, 6) is -1.79. The van der Waals surface area contributed by atoms with Crippen LogP contribution in [-0.2, 0) is 16.0 Å². The van der Waals surface area contributed by atoms with Crippen LogP contribution < -0.4 is 10.4 Å². The Balaban J connectivity index is 1.59. The van der Waals surface area contributed by atoms with Crippen LogP contribution in [0.4, 0.5) is 0 Å². The molecule has 1 N–H and O–H groups in total. The van der Waals surface area contributed by atoms with E-state index >= 15 is 0 Å². The fourth-order valence-corrected chi connectivity index (χ4v) is 4.26. The minimum Gasteiger partial charge on any atom is -0.550 e. The summed E-state index contributed by atoms with van der Waals surface area (Å²) in [6, 6.07) is 9.97. The fraction of sp³-hybridized carbons (Fsp3) is 0.556. The van der Waals surface area contributed by atoms with Crippen LogP contribution in [0.25, 0.3) is 0 Å². The van der Waals surface area contributed by atoms with Gasteiger partial charge in [0.1, 0.15) is 0 Å². The van der Waals surface area contributed by atoms with Crippen LogP contribution in [0, 0.1) is 23.7 Å². The number of nitrogens with one attached hydrogen (secondary N) is 1. The molecule has 0 spiro atoms. The summed E-state index contributed by atoms with van der Waals surface area (Å²) in [5.41, 5.74) is 1.17. The van der Waals surface area contributed by atoms with E-state index in [1.165, 1.54) is 5.56 Å². The summed E-state index contributed by atoms with van der Waals surface area (Å²) in [6.45, 7) is 0.552. The number of carbonyl (C=O) groups is 2. The van der Waals surface area contributed by atoms with Gasteiger partial charge >= 0.3 is 0 Å². The lowest BCUT2D eigenvalue weighted by atomic mass is 9.58. The molecule has 3 aliphatic carbocycles. The van der Waals surface area contributed by atoms with Crippen molar-refractivity contribution >= 4 is 11.9 Å². The molecule has 4 nitrogen and oxygen atoms in total. The second-order valence-corrected chi connectivity index (χ2v) is 6.57. The summed E-state index contributed by atoms with van der Waals surface area (Å²) >= 11 is 0. The predicted octanol–water partition coefficient (Wildman–Crippen LogP) is 1.15. The van der Waals surface area contributed by atoms with Crippen molar-refractivity contribution in [1.82, 2.24) is 5.32 Å². The van der Waals surface area contributed by atoms with Gasteiger partial charge in [-0.2, -0.15) is 0 Å². The summed E-state index contributed by atoms with van der Waals surface area (Å²) in [7, 11) is 0. The first-order valence-electron chi connectivity index (χ1n) is 8.19. The molecule has 0 aliphatic heterocycles. The molecule has 0 radical (unpaired) electrons. The van der Waals surface area contributed by atoms with Gasteiger partial charge in [0.15, 0.2) is 0 Å². The third-order valence-corrected chi connectivity index (χ3v) is 5.35. The maximum Gasteiger partial charge on any atom is 0.224 e. The number of carboxylic acid groups (broad SMARTS) is 1. The number of benzene rings is 1. The van der Waals surface area contributed by atoms with Crippen LogP contribution >= 0.6 is 0 Å². The highest BCUT2D eigenvalue weighted by Crippen LogP contribution is 2.48. The summed E-state index contributed by atoms with van der Waals surface area (Å²) in [4.78, 5) is 24.0. The standard InChI is InChI=1S/C18H23NO3/c20-17(19-11-10-12-4-2-1-3-5-12)15-13-6-8-14(9-7-13)16(15)18(21)22/h1-5,13-16H,6-11H2,(H,19,20)(H,21,22)/p-1/t13?,14?,15-,16-/m1/s1. The lowest BCUT2D eigenvalue weighted by molar-refractivity contribution is -0.318. The maximum atomic E-state index is 12.5. The Hall–Kier alpha value is -1.84. The molecule has 118 valence electrons. The average Bonchev–Trinajstić information content (AvgIpc) is 2.55. The van der Waals surface area contributed by atoms with E-state index in [4.69, 9.17) is 0 Å². The summed E-state index contributed by atoms with van der Waals surface area (Å²) < 4.78 is 0. The highest BCUT2D eigenvalue weighted by Gasteiger charge is 2.47. The van der Waals surface area contributed by atoms with Crippen molar-refractivity contribution in [3.8, 4) is 0 Å². The zero-order valence-corrected chi connectivity index (χ0v) is 12.7. The highest BCUT2D eigenvalue weighted by atomic mass is 16.4. The Morgan fingerprint density at radius 2 is 1.59 bits per heavy atom. The Kier molecular flexibility index (Phi) is 4.46. The van der Waals surface area contributed by atoms with Gasteiger partial charge in [-0.15, -0.1) is 0 Å². The van der Waals surface area contributed by atoms with E-state index in [1.54, 1.807) is 0 Å². The minimum atomic E-state index is -1.04. The van der Waals surface area contributed by atoms with Gasteiger partial charge in [0, 0.05) is 24.3 Å². The molecule has 0 heterocycles. The molecular formula is C18H22NO3-. The van der Waals surface area contributed by atoms with Crippen LogP contribution in [0.5, 0.6) is 0 Å². The van der Waals surface area contributed by atoms with Crippen LogP contribution in [0.2, 0.25) is 0 Å². The molecule has 1 amide bonds. The monoisotopic (exact) mass is 300 g/mol. The van der Waals surface area contributed by atoms with Gasteiger partial charge in [-0.3, -0.25) is 4.79 Å². The van der Waals surface area contributed by atoms with Crippen molar-refractivity contribution in [2.75, 3.05) is 6.54 Å². The number of carboxylic acids is 1. The molecule has 0 aromatic heterocycles. The quantitative estimate of drug-likeness (QED) is 0.887. The number of fused-ring (bicyclic) bond motifs is 3. The van der Waals surface area contributed by atoms with Gasteiger partial charge in [0.2, 0.25) is 5.91 Å². The van der Waals surface area contributed by atoms with Crippen molar-refractivity contribution in [1.29, 1.82) is 0 Å². The molecule has 4 rings (SSSR count). The molecule has 4 heteroatoms. The SMILES string of the molecule is O=C([O-])[C@@H]1C2CCC(CC2)[C@H]1C(=O)NCCc1ccccc1. The van der Waals surface area contributed by atoms with Crippen LogP contribution in [0.3, 0.4) is 0 Å². The smallest absolute Gasteiger partial charge is 0.224 e. The Labute approximate surface area is 130 Å². The number of aliphatic carboxylic acids is 1. The second-order valence-electron chi connectivity index (χ2n) is 6.57. The number of hydrogen-bond donors (Lipinski definition) is 1. The average molecular weight is 300 g/mol. The molecule has 1 aromatic carbocycles. The summed E-state index contributed by atoms with van der Waals surface area (Å²) in [6.07, 6.45) is 4.58. The van der Waals surface area contributed by atoms with Crippen LogP contribution in [-0.4, -0.2) is 18.4 Å². The first-order valence-corrected chi connectivity index (χ1v) is 8.19. The van der Waals surface area contributed by atoms with Gasteiger partial charge in [0.25, 0.3) is 0 Å². The summed E-state index contributed by atoms with van der Waals surface area (Å²) in [5, 5.41) is 14.4. The molecule has 3 aliphatic rings. The van der Waals surface area contributed by atoms with Gasteiger partial charge in [-0.1, -0.05) is 30.3 Å². The molecule has 22 heavy (non-hydrogen) atoms. The lowest BCUT2D eigenvalue weighted by Gasteiger charge is -2.48. The molecule has 1 aromatic rings. The van der Waals surface area contributed by atoms with Crippen molar-refractivity contribution in [3.05, 3.63) is 35.9 Å². The van der Waals surface area contributed by atoms with Crippen molar-refractivity contribution in [2.24, 2.45) is 23.7 Å². The van der Waals surface area contributed by atoms with E-state index < -0.39 is 17.8 Å². The zero-order valence-electron chi connectivity index (χ0n) is 12.7. The first-order chi connectivity index (χ1) is 10.7. The third-order valence-electron chi connectivity index (χ3n) is 5.35. The topological polar surface area (TPSA) is 69.2 Å². The van der Waals surface area contributed by atoms with E-state index in [0.717, 1.165) is 32.1 Å². The van der Waals surface area contributed by atoms with Crippen molar-refractivity contribution in [2.45, 2.75) is 32.1 Å². The van der Waals surface area contributed by atoms with Gasteiger partial charge in [-0.25, -0.2) is 0 Å². The van der Waals surface area contributed by atoms with E-state index in [-0.39, 0.29) is 17.7 Å². The first kappa shape index (κ1) is 15.1. The third kappa shape index (κ3) is 3.01. The van der Waals surface area contributed by atoms with Gasteiger partial charge in [-0.05, 0) is 49.5 Å². The number of rotatable bonds is 5. The normalized spacial score (nSPS) is 30.0. The van der Waals surface area contributed by atoms with Crippen molar-refractivity contribution < 1.29 is 14.7 Å². The zero-order chi connectivity index (χ0) is 15.5. The number of amides is 1. The number of carbonyl (C=O) groups excluding carboxylic acids is 2. The van der Waals surface area contributed by atoms with E-state index in [2.05, 4.69) is 5.32 Å². The van der Waals surface area contributed by atoms with Crippen LogP contribution in [0.1, 0.15) is 31.2 Å². The molecule has 2 atom stereocenters. The Bertz CT molecular complexity index is 535. The van der Waals surface area contributed by atoms with Crippen LogP contribution in [0.15, 0.2) is 30.3 Å². The molecular weight excluding hydrogens is 278 g/mol. The molecule has 3 saturated carbocycles. The second kappa shape index (κ2) is 6.51. The van der Waals surface area contributed by atoms with Gasteiger partial charge < -0.3 is 15.2 Å². The van der Waals surface area contributed by atoms with Crippen molar-refractivity contribution in [3.63, 3.8) is 0 Å². The maximum absolute atomic E-state index is 12.5. The van der Waals surface area contributed by atoms with E-state index in [9.17, 15) is 14.7 Å².